The van der Waals surface area contributed by atoms with Crippen LogP contribution < -0.4 is 20.1 Å². The summed E-state index contributed by atoms with van der Waals surface area (Å²) < 4.78 is 16.2. The van der Waals surface area contributed by atoms with Gasteiger partial charge in [0.05, 0.1) is 6.42 Å². The molecule has 3 aromatic rings. The molecule has 2 aromatic carbocycles. The second-order valence-corrected chi connectivity index (χ2v) is 6.83. The lowest BCUT2D eigenvalue weighted by Crippen LogP contribution is -2.14. The van der Waals surface area contributed by atoms with E-state index < -0.39 is 0 Å². The second-order valence-electron chi connectivity index (χ2n) is 6.05. The zero-order valence-corrected chi connectivity index (χ0v) is 16.1. The minimum Gasteiger partial charge on any atom is -0.454 e. The zero-order valence-electron chi connectivity index (χ0n) is 14.5. The van der Waals surface area contributed by atoms with Gasteiger partial charge in [0.25, 0.3) is 5.91 Å². The molecule has 2 amide bonds. The highest BCUT2D eigenvalue weighted by atomic mass is 79.9. The Morgan fingerprint density at radius 2 is 1.64 bits per heavy atom. The number of hydrogen-bond donors (Lipinski definition) is 2. The molecule has 1 aliphatic heterocycles. The van der Waals surface area contributed by atoms with Crippen molar-refractivity contribution in [1.82, 2.24) is 0 Å². The number of amides is 2. The van der Waals surface area contributed by atoms with Gasteiger partial charge in [0, 0.05) is 17.4 Å². The fourth-order valence-corrected chi connectivity index (χ4v) is 3.01. The summed E-state index contributed by atoms with van der Waals surface area (Å²) in [6.07, 6.45) is 0.202. The van der Waals surface area contributed by atoms with Crippen molar-refractivity contribution in [3.63, 3.8) is 0 Å². The number of halogens is 1. The monoisotopic (exact) mass is 442 g/mol. The smallest absolute Gasteiger partial charge is 0.291 e. The van der Waals surface area contributed by atoms with Gasteiger partial charge in [0.2, 0.25) is 12.7 Å². The molecule has 4 rings (SSSR count). The Kier molecular flexibility index (Phi) is 5.03. The summed E-state index contributed by atoms with van der Waals surface area (Å²) in [6, 6.07) is 15.5. The third-order valence-electron chi connectivity index (χ3n) is 4.03. The molecule has 0 saturated carbocycles. The molecule has 0 atom stereocenters. The maximum absolute atomic E-state index is 12.3. The number of carbonyl (C=O) groups excluding carboxylic acids is 2. The molecular formula is C20H15BrN2O5. The van der Waals surface area contributed by atoms with Gasteiger partial charge in [-0.1, -0.05) is 12.1 Å². The number of ether oxygens (including phenoxy) is 2. The van der Waals surface area contributed by atoms with Crippen LogP contribution in [0.25, 0.3) is 0 Å². The average Bonchev–Trinajstić information content (AvgIpc) is 3.31. The van der Waals surface area contributed by atoms with Gasteiger partial charge >= 0.3 is 0 Å². The SMILES string of the molecule is O=C(Cc1ccc(NC(=O)c2ccc(Br)o2)cc1)Nc1ccc2c(c1)OCO2. The number of anilines is 2. The van der Waals surface area contributed by atoms with E-state index in [-0.39, 0.29) is 30.8 Å². The molecule has 1 aliphatic rings. The van der Waals surface area contributed by atoms with Gasteiger partial charge in [-0.2, -0.15) is 0 Å². The number of fused-ring (bicyclic) bond motifs is 1. The van der Waals surface area contributed by atoms with Crippen molar-refractivity contribution < 1.29 is 23.5 Å². The van der Waals surface area contributed by atoms with E-state index in [2.05, 4.69) is 26.6 Å². The first-order valence-electron chi connectivity index (χ1n) is 8.42. The van der Waals surface area contributed by atoms with Crippen LogP contribution in [0.2, 0.25) is 0 Å². The highest BCUT2D eigenvalue weighted by molar-refractivity contribution is 9.10. The van der Waals surface area contributed by atoms with Crippen molar-refractivity contribution in [1.29, 1.82) is 0 Å². The van der Waals surface area contributed by atoms with Crippen LogP contribution in [-0.2, 0) is 11.2 Å². The first kappa shape index (κ1) is 18.1. The molecule has 0 aliphatic carbocycles. The van der Waals surface area contributed by atoms with Crippen molar-refractivity contribution in [2.45, 2.75) is 6.42 Å². The number of hydrogen-bond acceptors (Lipinski definition) is 5. The van der Waals surface area contributed by atoms with E-state index in [9.17, 15) is 9.59 Å². The molecule has 2 heterocycles. The first-order valence-corrected chi connectivity index (χ1v) is 9.21. The fraction of sp³-hybridized carbons (Fsp3) is 0.100. The van der Waals surface area contributed by atoms with Gasteiger partial charge in [-0.05, 0) is 57.9 Å². The van der Waals surface area contributed by atoms with E-state index in [0.29, 0.717) is 27.5 Å². The van der Waals surface area contributed by atoms with Crippen molar-refractivity contribution in [2.75, 3.05) is 17.4 Å². The maximum atomic E-state index is 12.3. The lowest BCUT2D eigenvalue weighted by Gasteiger charge is -2.07. The summed E-state index contributed by atoms with van der Waals surface area (Å²) in [5, 5.41) is 5.57. The van der Waals surface area contributed by atoms with E-state index >= 15 is 0 Å². The molecule has 0 spiro atoms. The summed E-state index contributed by atoms with van der Waals surface area (Å²) >= 11 is 3.16. The molecule has 0 fully saturated rings. The number of carbonyl (C=O) groups is 2. The van der Waals surface area contributed by atoms with Crippen LogP contribution in [0.4, 0.5) is 11.4 Å². The number of rotatable bonds is 5. The van der Waals surface area contributed by atoms with Crippen LogP contribution in [0.5, 0.6) is 11.5 Å². The lowest BCUT2D eigenvalue weighted by atomic mass is 10.1. The average molecular weight is 443 g/mol. The topological polar surface area (TPSA) is 89.8 Å². The number of nitrogens with one attached hydrogen (secondary N) is 2. The van der Waals surface area contributed by atoms with E-state index in [1.54, 1.807) is 54.6 Å². The predicted octanol–water partition coefficient (Wildman–Crippen LogP) is 4.20. The Morgan fingerprint density at radius 3 is 2.39 bits per heavy atom. The summed E-state index contributed by atoms with van der Waals surface area (Å²) in [7, 11) is 0. The molecule has 0 bridgehead atoms. The van der Waals surface area contributed by atoms with Crippen molar-refractivity contribution >= 4 is 39.1 Å². The third kappa shape index (κ3) is 4.17. The minimum atomic E-state index is -0.348. The summed E-state index contributed by atoms with van der Waals surface area (Å²) in [5.74, 6) is 0.980. The Balaban J connectivity index is 1.33. The number of benzene rings is 2. The highest BCUT2D eigenvalue weighted by Crippen LogP contribution is 2.34. The molecule has 142 valence electrons. The van der Waals surface area contributed by atoms with Crippen molar-refractivity contribution in [2.24, 2.45) is 0 Å². The molecule has 8 heteroatoms. The van der Waals surface area contributed by atoms with Crippen LogP contribution in [0.3, 0.4) is 0 Å². The van der Waals surface area contributed by atoms with Gasteiger partial charge < -0.3 is 24.5 Å². The minimum absolute atomic E-state index is 0.156. The van der Waals surface area contributed by atoms with Crippen LogP contribution in [0.1, 0.15) is 16.1 Å². The fourth-order valence-electron chi connectivity index (χ4n) is 2.70. The van der Waals surface area contributed by atoms with Crippen molar-refractivity contribution in [3.05, 3.63) is 70.6 Å². The quantitative estimate of drug-likeness (QED) is 0.617. The first-order chi connectivity index (χ1) is 13.6. The Labute approximate surface area is 168 Å². The van der Waals surface area contributed by atoms with Crippen LogP contribution >= 0.6 is 15.9 Å². The van der Waals surface area contributed by atoms with Crippen LogP contribution in [0, 0.1) is 0 Å². The molecule has 2 N–H and O–H groups in total. The Bertz CT molecular complexity index is 1030. The Hall–Kier alpha value is -3.26. The van der Waals surface area contributed by atoms with E-state index in [1.807, 2.05) is 0 Å². The van der Waals surface area contributed by atoms with E-state index in [1.165, 1.54) is 0 Å². The summed E-state index contributed by atoms with van der Waals surface area (Å²) in [4.78, 5) is 24.3. The predicted molar refractivity (Wildman–Crippen MR) is 106 cm³/mol. The Morgan fingerprint density at radius 1 is 0.893 bits per heavy atom. The van der Waals surface area contributed by atoms with Gasteiger partial charge in [-0.15, -0.1) is 0 Å². The zero-order chi connectivity index (χ0) is 19.5. The molecule has 28 heavy (non-hydrogen) atoms. The second kappa shape index (κ2) is 7.77. The molecule has 0 saturated heterocycles. The highest BCUT2D eigenvalue weighted by Gasteiger charge is 2.14. The summed E-state index contributed by atoms with van der Waals surface area (Å²) in [5.41, 5.74) is 2.07. The van der Waals surface area contributed by atoms with Gasteiger partial charge in [-0.25, -0.2) is 0 Å². The number of furan rings is 1. The third-order valence-corrected chi connectivity index (χ3v) is 4.46. The van der Waals surface area contributed by atoms with Gasteiger partial charge in [0.15, 0.2) is 21.9 Å². The van der Waals surface area contributed by atoms with Crippen LogP contribution in [-0.4, -0.2) is 18.6 Å². The van der Waals surface area contributed by atoms with Crippen LogP contribution in [0.15, 0.2) is 63.7 Å². The maximum Gasteiger partial charge on any atom is 0.291 e. The van der Waals surface area contributed by atoms with Crippen molar-refractivity contribution in [3.8, 4) is 11.5 Å². The van der Waals surface area contributed by atoms with Gasteiger partial charge in [0.1, 0.15) is 0 Å². The normalized spacial score (nSPS) is 11.9. The standard InChI is InChI=1S/C20H15BrN2O5/c21-18-8-7-16(28-18)20(25)23-13-3-1-12(2-4-13)9-19(24)22-14-5-6-15-17(10-14)27-11-26-15/h1-8,10H,9,11H2,(H,22,24)(H,23,25). The molecule has 0 unspecified atom stereocenters. The largest absolute Gasteiger partial charge is 0.454 e. The molecule has 1 aromatic heterocycles. The van der Waals surface area contributed by atoms with E-state index in [0.717, 1.165) is 5.56 Å². The summed E-state index contributed by atoms with van der Waals surface area (Å²) in [6.45, 7) is 0.187. The van der Waals surface area contributed by atoms with Gasteiger partial charge in [-0.3, -0.25) is 9.59 Å². The lowest BCUT2D eigenvalue weighted by molar-refractivity contribution is -0.115. The molecular weight excluding hydrogens is 428 g/mol. The molecule has 7 nitrogen and oxygen atoms in total. The molecule has 0 radical (unpaired) electrons. The van der Waals surface area contributed by atoms with E-state index in [4.69, 9.17) is 13.9 Å².